The first-order valence-electron chi connectivity index (χ1n) is 4.25. The largest absolute Gasteiger partial charge is 2.00 e. The Morgan fingerprint density at radius 1 is 1.53 bits per heavy atom. The molecule has 0 spiro atoms. The molecule has 3 N–H and O–H groups in total. The summed E-state index contributed by atoms with van der Waals surface area (Å²) in [6, 6.07) is -1.34. The molecule has 1 amide bonds. The van der Waals surface area contributed by atoms with Crippen molar-refractivity contribution in [3.8, 4) is 0 Å². The third-order valence-corrected chi connectivity index (χ3v) is 1.95. The van der Waals surface area contributed by atoms with Gasteiger partial charge in [-0.2, -0.15) is 0 Å². The van der Waals surface area contributed by atoms with Gasteiger partial charge in [0, 0.05) is 5.91 Å². The standard InChI is InChI=1S/C8H13N2O3.Cu.H2O/c1-5(8(12)13)10-7(11)6-3-2-4-9-6;;/h5-6H,2-4H2,1H3,(H2,10,11,12,13);;1H2/q-1;+2;/p-1. The summed E-state index contributed by atoms with van der Waals surface area (Å²) in [5.74, 6) is -1.47. The number of amides is 1. The molecule has 1 heterocycles. The minimum atomic E-state index is -1.08. The zero-order chi connectivity index (χ0) is 9.84. The van der Waals surface area contributed by atoms with Crippen LogP contribution in [-0.2, 0) is 26.7 Å². The molecule has 6 nitrogen and oxygen atoms in total. The van der Waals surface area contributed by atoms with Crippen LogP contribution in [0.2, 0.25) is 0 Å². The predicted molar refractivity (Wildman–Crippen MR) is 50.3 cm³/mol. The summed E-state index contributed by atoms with van der Waals surface area (Å²) in [4.78, 5) is 21.6. The van der Waals surface area contributed by atoms with E-state index >= 15 is 0 Å². The number of hydrogen-bond donors (Lipinski definition) is 1. The van der Waals surface area contributed by atoms with Crippen molar-refractivity contribution in [1.82, 2.24) is 0 Å². The molecule has 7 heteroatoms. The Kier molecular flexibility index (Phi) is 8.56. The van der Waals surface area contributed by atoms with Gasteiger partial charge in [-0.15, -0.1) is 6.54 Å². The Bertz CT molecular complexity index is 219. The summed E-state index contributed by atoms with van der Waals surface area (Å²) in [6.45, 7) is 2.07. The van der Waals surface area contributed by atoms with Crippen molar-refractivity contribution < 1.29 is 37.2 Å². The van der Waals surface area contributed by atoms with Crippen molar-refractivity contribution in [2.24, 2.45) is 0 Å². The van der Waals surface area contributed by atoms with Crippen molar-refractivity contribution in [3.63, 3.8) is 0 Å². The van der Waals surface area contributed by atoms with Crippen LogP contribution in [-0.4, -0.2) is 41.1 Å². The van der Waals surface area contributed by atoms with Crippen molar-refractivity contribution >= 4 is 11.9 Å². The van der Waals surface area contributed by atoms with E-state index in [4.69, 9.17) is 5.11 Å². The molecule has 1 radical (unpaired) electrons. The fourth-order valence-corrected chi connectivity index (χ4v) is 1.16. The van der Waals surface area contributed by atoms with Crippen LogP contribution < -0.4 is 0 Å². The van der Waals surface area contributed by atoms with Crippen LogP contribution in [0.4, 0.5) is 0 Å². The summed E-state index contributed by atoms with van der Waals surface area (Å²) >= 11 is 0. The fourth-order valence-electron chi connectivity index (χ4n) is 1.16. The minimum absolute atomic E-state index is 0. The fraction of sp³-hybridized carbons (Fsp3) is 0.750. The number of rotatable bonds is 3. The maximum atomic E-state index is 11.2. The number of carbonyl (C=O) groups excluding carboxylic acids is 1. The SMILES string of the molecule is CC([N-]C(=O)C1CCC[N-]1)C(=O)O.O.[Cu+2]. The smallest absolute Gasteiger partial charge is 0.655 e. The van der Waals surface area contributed by atoms with E-state index in [1.807, 2.05) is 0 Å². The van der Waals surface area contributed by atoms with Gasteiger partial charge >= 0.3 is 17.1 Å². The molecule has 0 aromatic heterocycles. The van der Waals surface area contributed by atoms with E-state index in [-0.39, 0.29) is 28.6 Å². The van der Waals surface area contributed by atoms with Gasteiger partial charge in [-0.05, 0) is 6.04 Å². The molecular formula is C8H14CuN2O4. The van der Waals surface area contributed by atoms with Gasteiger partial charge < -0.3 is 26.0 Å². The molecule has 1 aliphatic rings. The number of nitrogens with zero attached hydrogens (tertiary/aromatic N) is 2. The van der Waals surface area contributed by atoms with E-state index in [0.717, 1.165) is 6.42 Å². The number of carbonyl (C=O) groups is 2. The molecule has 0 aliphatic carbocycles. The van der Waals surface area contributed by atoms with Gasteiger partial charge in [-0.25, -0.2) is 0 Å². The molecule has 15 heavy (non-hydrogen) atoms. The van der Waals surface area contributed by atoms with Crippen molar-refractivity contribution in [2.75, 3.05) is 6.54 Å². The summed E-state index contributed by atoms with van der Waals surface area (Å²) in [6.07, 6.45) is 1.60. The average Bonchev–Trinajstić information content (AvgIpc) is 2.55. The Balaban J connectivity index is 0. The maximum absolute atomic E-state index is 11.2. The van der Waals surface area contributed by atoms with E-state index in [0.29, 0.717) is 13.0 Å². The molecule has 91 valence electrons. The molecule has 0 bridgehead atoms. The van der Waals surface area contributed by atoms with Crippen LogP contribution in [0.3, 0.4) is 0 Å². The van der Waals surface area contributed by atoms with Crippen LogP contribution in [0.5, 0.6) is 0 Å². The van der Waals surface area contributed by atoms with Gasteiger partial charge in [0.25, 0.3) is 5.97 Å². The van der Waals surface area contributed by atoms with Gasteiger partial charge in [0.15, 0.2) is 0 Å². The third-order valence-electron chi connectivity index (χ3n) is 1.95. The molecule has 2 atom stereocenters. The monoisotopic (exact) mass is 265 g/mol. The number of aliphatic carboxylic acids is 1. The maximum Gasteiger partial charge on any atom is 2.00 e. The van der Waals surface area contributed by atoms with Crippen molar-refractivity contribution in [3.05, 3.63) is 10.6 Å². The van der Waals surface area contributed by atoms with Crippen LogP contribution in [0.25, 0.3) is 10.6 Å². The van der Waals surface area contributed by atoms with Crippen LogP contribution in [0.1, 0.15) is 19.8 Å². The molecular weight excluding hydrogens is 252 g/mol. The van der Waals surface area contributed by atoms with Crippen LogP contribution >= 0.6 is 0 Å². The van der Waals surface area contributed by atoms with Crippen molar-refractivity contribution in [2.45, 2.75) is 31.8 Å². The molecule has 1 aliphatic heterocycles. The third kappa shape index (κ3) is 5.13. The van der Waals surface area contributed by atoms with Crippen molar-refractivity contribution in [1.29, 1.82) is 0 Å². The zero-order valence-electron chi connectivity index (χ0n) is 8.24. The van der Waals surface area contributed by atoms with E-state index in [2.05, 4.69) is 10.6 Å². The molecule has 0 saturated carbocycles. The molecule has 2 unspecified atom stereocenters. The Morgan fingerprint density at radius 3 is 2.53 bits per heavy atom. The van der Waals surface area contributed by atoms with E-state index in [9.17, 15) is 9.59 Å². The second kappa shape index (κ2) is 7.64. The van der Waals surface area contributed by atoms with Gasteiger partial charge in [-0.3, -0.25) is 4.79 Å². The first-order valence-corrected chi connectivity index (χ1v) is 4.25. The zero-order valence-corrected chi connectivity index (χ0v) is 9.18. The minimum Gasteiger partial charge on any atom is -0.655 e. The molecule has 1 saturated heterocycles. The van der Waals surface area contributed by atoms with Crippen LogP contribution in [0, 0.1) is 0 Å². The molecule has 1 rings (SSSR count). The van der Waals surface area contributed by atoms with Gasteiger partial charge in [-0.1, -0.05) is 25.8 Å². The van der Waals surface area contributed by atoms with Gasteiger partial charge in [0.2, 0.25) is 0 Å². The van der Waals surface area contributed by atoms with Crippen LogP contribution in [0.15, 0.2) is 0 Å². The predicted octanol–water partition coefficient (Wildman–Crippen LogP) is 0.0687. The number of carboxylic acid groups (broad SMARTS) is 1. The van der Waals surface area contributed by atoms with Gasteiger partial charge in [0.1, 0.15) is 0 Å². The Morgan fingerprint density at radius 2 is 2.13 bits per heavy atom. The second-order valence-corrected chi connectivity index (χ2v) is 3.05. The van der Waals surface area contributed by atoms with E-state index in [1.54, 1.807) is 0 Å². The molecule has 1 fully saturated rings. The van der Waals surface area contributed by atoms with Gasteiger partial charge in [0.05, 0.1) is 0 Å². The number of hydrogen-bond acceptors (Lipinski definition) is 2. The second-order valence-electron chi connectivity index (χ2n) is 3.05. The Hall–Kier alpha value is -0.621. The summed E-state index contributed by atoms with van der Waals surface area (Å²) in [7, 11) is 0. The molecule has 0 aromatic rings. The average molecular weight is 266 g/mol. The first kappa shape index (κ1) is 16.8. The Labute approximate surface area is 98.6 Å². The quantitative estimate of drug-likeness (QED) is 0.728. The summed E-state index contributed by atoms with van der Waals surface area (Å²) in [5.41, 5.74) is 0. The topological polar surface area (TPSA) is 114 Å². The molecule has 0 aromatic carbocycles. The summed E-state index contributed by atoms with van der Waals surface area (Å²) in [5, 5.41) is 16.0. The van der Waals surface area contributed by atoms with E-state index in [1.165, 1.54) is 6.92 Å². The summed E-state index contributed by atoms with van der Waals surface area (Å²) < 4.78 is 0. The normalized spacial score (nSPS) is 20.7. The first-order chi connectivity index (χ1) is 6.11. The number of carboxylic acids is 1. The van der Waals surface area contributed by atoms with E-state index < -0.39 is 17.9 Å².